The highest BCUT2D eigenvalue weighted by atomic mass is 16.5. The van der Waals surface area contributed by atoms with E-state index in [0.29, 0.717) is 17.7 Å². The van der Waals surface area contributed by atoms with E-state index < -0.39 is 23.7 Å². The Balaban J connectivity index is 2.10. The SMILES string of the molecule is CCCCN(CC(C)C(=O)OC)C(=O)CN1C(=O)c2ccccc2C1=O. The largest absolute Gasteiger partial charge is 0.469 e. The van der Waals surface area contributed by atoms with Gasteiger partial charge in [0.1, 0.15) is 6.54 Å². The van der Waals surface area contributed by atoms with Gasteiger partial charge in [0.05, 0.1) is 24.2 Å². The smallest absolute Gasteiger partial charge is 0.310 e. The molecule has 0 radical (unpaired) electrons. The van der Waals surface area contributed by atoms with Gasteiger partial charge in [-0.2, -0.15) is 0 Å². The van der Waals surface area contributed by atoms with E-state index in [1.165, 1.54) is 12.0 Å². The number of carbonyl (C=O) groups excluding carboxylic acids is 4. The first-order chi connectivity index (χ1) is 12.4. The highest BCUT2D eigenvalue weighted by Crippen LogP contribution is 2.22. The number of esters is 1. The second-order valence-corrected chi connectivity index (χ2v) is 6.36. The van der Waals surface area contributed by atoms with Gasteiger partial charge in [0.25, 0.3) is 11.8 Å². The molecule has 0 aromatic heterocycles. The van der Waals surface area contributed by atoms with Crippen LogP contribution in [-0.2, 0) is 14.3 Å². The highest BCUT2D eigenvalue weighted by Gasteiger charge is 2.37. The number of imide groups is 1. The number of hydrogen-bond donors (Lipinski definition) is 0. The maximum absolute atomic E-state index is 12.7. The molecule has 1 unspecified atom stereocenters. The lowest BCUT2D eigenvalue weighted by Crippen LogP contribution is -2.45. The van der Waals surface area contributed by atoms with Crippen molar-refractivity contribution in [2.45, 2.75) is 26.7 Å². The summed E-state index contributed by atoms with van der Waals surface area (Å²) in [4.78, 5) is 51.7. The van der Waals surface area contributed by atoms with Gasteiger partial charge in [-0.05, 0) is 18.6 Å². The number of rotatable bonds is 8. The van der Waals surface area contributed by atoms with Crippen LogP contribution in [0.15, 0.2) is 24.3 Å². The van der Waals surface area contributed by atoms with E-state index in [0.717, 1.165) is 17.7 Å². The quantitative estimate of drug-likeness (QED) is 0.521. The summed E-state index contributed by atoms with van der Waals surface area (Å²) in [5.41, 5.74) is 0.627. The predicted octanol–water partition coefficient (Wildman–Crippen LogP) is 1.72. The Bertz CT molecular complexity index is 681. The van der Waals surface area contributed by atoms with Gasteiger partial charge in [0, 0.05) is 13.1 Å². The van der Waals surface area contributed by atoms with Crippen LogP contribution in [0.5, 0.6) is 0 Å². The predicted molar refractivity (Wildman–Crippen MR) is 94.5 cm³/mol. The monoisotopic (exact) mass is 360 g/mol. The van der Waals surface area contributed by atoms with Crippen LogP contribution in [0.2, 0.25) is 0 Å². The molecule has 0 aliphatic carbocycles. The molecule has 2 rings (SSSR count). The molecule has 1 aromatic rings. The highest BCUT2D eigenvalue weighted by molar-refractivity contribution is 6.22. The van der Waals surface area contributed by atoms with Crippen molar-refractivity contribution in [3.8, 4) is 0 Å². The van der Waals surface area contributed by atoms with E-state index in [1.54, 1.807) is 31.2 Å². The Morgan fingerprint density at radius 1 is 1.15 bits per heavy atom. The number of unbranched alkanes of at least 4 members (excludes halogenated alkanes) is 1. The number of fused-ring (bicyclic) bond motifs is 1. The molecule has 1 atom stereocenters. The number of amides is 3. The van der Waals surface area contributed by atoms with Crippen LogP contribution in [0.4, 0.5) is 0 Å². The summed E-state index contributed by atoms with van der Waals surface area (Å²) in [6, 6.07) is 6.52. The molecule has 26 heavy (non-hydrogen) atoms. The van der Waals surface area contributed by atoms with Gasteiger partial charge in [0.2, 0.25) is 5.91 Å². The number of carbonyl (C=O) groups is 4. The summed E-state index contributed by atoms with van der Waals surface area (Å²) in [5.74, 6) is -2.17. The van der Waals surface area contributed by atoms with Crippen molar-refractivity contribution in [3.63, 3.8) is 0 Å². The van der Waals surface area contributed by atoms with Crippen LogP contribution in [-0.4, -0.2) is 60.2 Å². The number of benzene rings is 1. The average Bonchev–Trinajstić information content (AvgIpc) is 2.89. The Morgan fingerprint density at radius 2 is 1.73 bits per heavy atom. The second kappa shape index (κ2) is 8.60. The average molecular weight is 360 g/mol. The van der Waals surface area contributed by atoms with Gasteiger partial charge >= 0.3 is 5.97 Å². The number of nitrogens with zero attached hydrogens (tertiary/aromatic N) is 2. The van der Waals surface area contributed by atoms with Crippen LogP contribution in [0.3, 0.4) is 0 Å². The molecule has 140 valence electrons. The van der Waals surface area contributed by atoms with Crippen molar-refractivity contribution in [1.82, 2.24) is 9.80 Å². The van der Waals surface area contributed by atoms with Crippen LogP contribution in [0.25, 0.3) is 0 Å². The fraction of sp³-hybridized carbons (Fsp3) is 0.474. The molecule has 0 bridgehead atoms. The zero-order valence-corrected chi connectivity index (χ0v) is 15.4. The first-order valence-corrected chi connectivity index (χ1v) is 8.71. The number of hydrogen-bond acceptors (Lipinski definition) is 5. The number of methoxy groups -OCH3 is 1. The molecule has 1 aliphatic rings. The fourth-order valence-electron chi connectivity index (χ4n) is 2.89. The molecule has 1 aromatic carbocycles. The maximum Gasteiger partial charge on any atom is 0.310 e. The third kappa shape index (κ3) is 4.09. The standard InChI is InChI=1S/C19H24N2O5/c1-4-5-10-20(11-13(2)19(25)26-3)16(22)12-21-17(23)14-8-6-7-9-15(14)18(21)24/h6-9,13H,4-5,10-12H2,1-3H3. The summed E-state index contributed by atoms with van der Waals surface area (Å²) in [7, 11) is 1.30. The fourth-order valence-corrected chi connectivity index (χ4v) is 2.89. The number of ether oxygens (including phenoxy) is 1. The maximum atomic E-state index is 12.7. The van der Waals surface area contributed by atoms with Gasteiger partial charge in [0.15, 0.2) is 0 Å². The minimum Gasteiger partial charge on any atom is -0.469 e. The molecule has 3 amide bonds. The van der Waals surface area contributed by atoms with Crippen molar-refractivity contribution >= 4 is 23.7 Å². The normalized spacial score (nSPS) is 14.2. The van der Waals surface area contributed by atoms with Gasteiger partial charge in [-0.25, -0.2) is 0 Å². The molecule has 1 heterocycles. The topological polar surface area (TPSA) is 84.0 Å². The Kier molecular flexibility index (Phi) is 6.49. The first kappa shape index (κ1) is 19.6. The van der Waals surface area contributed by atoms with Gasteiger partial charge in [-0.3, -0.25) is 24.1 Å². The van der Waals surface area contributed by atoms with E-state index >= 15 is 0 Å². The molecular formula is C19H24N2O5. The lowest BCUT2D eigenvalue weighted by Gasteiger charge is -2.26. The zero-order chi connectivity index (χ0) is 19.3. The van der Waals surface area contributed by atoms with E-state index in [2.05, 4.69) is 0 Å². The van der Waals surface area contributed by atoms with Crippen LogP contribution < -0.4 is 0 Å². The van der Waals surface area contributed by atoms with Gasteiger partial charge in [-0.1, -0.05) is 32.4 Å². The zero-order valence-electron chi connectivity index (χ0n) is 15.4. The van der Waals surface area contributed by atoms with Crippen molar-refractivity contribution in [2.24, 2.45) is 5.92 Å². The Hall–Kier alpha value is -2.70. The van der Waals surface area contributed by atoms with E-state index in [4.69, 9.17) is 4.74 Å². The van der Waals surface area contributed by atoms with Crippen molar-refractivity contribution in [3.05, 3.63) is 35.4 Å². The van der Waals surface area contributed by atoms with Crippen LogP contribution in [0, 0.1) is 5.92 Å². The lowest BCUT2D eigenvalue weighted by molar-refractivity contribution is -0.146. The third-order valence-corrected chi connectivity index (χ3v) is 4.40. The molecule has 0 fully saturated rings. The van der Waals surface area contributed by atoms with E-state index in [9.17, 15) is 19.2 Å². The molecule has 0 N–H and O–H groups in total. The Labute approximate surface area is 152 Å². The molecular weight excluding hydrogens is 336 g/mol. The first-order valence-electron chi connectivity index (χ1n) is 8.71. The van der Waals surface area contributed by atoms with E-state index in [-0.39, 0.29) is 19.0 Å². The molecule has 0 saturated heterocycles. The van der Waals surface area contributed by atoms with Crippen molar-refractivity contribution in [1.29, 1.82) is 0 Å². The van der Waals surface area contributed by atoms with Crippen molar-refractivity contribution < 1.29 is 23.9 Å². The lowest BCUT2D eigenvalue weighted by atomic mass is 10.1. The van der Waals surface area contributed by atoms with Crippen LogP contribution in [0.1, 0.15) is 47.4 Å². The summed E-state index contributed by atoms with van der Waals surface area (Å²) in [6.07, 6.45) is 1.64. The molecule has 0 spiro atoms. The molecule has 7 heteroatoms. The van der Waals surface area contributed by atoms with Gasteiger partial charge < -0.3 is 9.64 Å². The summed E-state index contributed by atoms with van der Waals surface area (Å²) in [5, 5.41) is 0. The molecule has 7 nitrogen and oxygen atoms in total. The summed E-state index contributed by atoms with van der Waals surface area (Å²) in [6.45, 7) is 4.00. The van der Waals surface area contributed by atoms with E-state index in [1.807, 2.05) is 6.92 Å². The molecule has 0 saturated carbocycles. The minimum atomic E-state index is -0.483. The van der Waals surface area contributed by atoms with Crippen molar-refractivity contribution in [2.75, 3.05) is 26.7 Å². The van der Waals surface area contributed by atoms with Crippen LogP contribution >= 0.6 is 0 Å². The Morgan fingerprint density at radius 3 is 2.23 bits per heavy atom. The minimum absolute atomic E-state index is 0.189. The summed E-state index contributed by atoms with van der Waals surface area (Å²) < 4.78 is 4.71. The second-order valence-electron chi connectivity index (χ2n) is 6.36. The third-order valence-electron chi connectivity index (χ3n) is 4.40. The molecule has 1 aliphatic heterocycles. The van der Waals surface area contributed by atoms with Gasteiger partial charge in [-0.15, -0.1) is 0 Å². The summed E-state index contributed by atoms with van der Waals surface area (Å²) >= 11 is 0.